The summed E-state index contributed by atoms with van der Waals surface area (Å²) < 4.78 is 6.36. The third-order valence-electron chi connectivity index (χ3n) is 6.25. The van der Waals surface area contributed by atoms with Gasteiger partial charge in [0.15, 0.2) is 5.75 Å². The molecular weight excluding hydrogens is 355 g/mol. The molecule has 136 valence electrons. The largest absolute Gasteiger partial charge is 0.453 e. The van der Waals surface area contributed by atoms with Crippen LogP contribution in [0.5, 0.6) is 11.5 Å². The van der Waals surface area contributed by atoms with Gasteiger partial charge in [-0.15, -0.1) is 0 Å². The molecule has 0 saturated heterocycles. The number of nitrogens with zero attached hydrogens (tertiary/aromatic N) is 2. The van der Waals surface area contributed by atoms with Gasteiger partial charge in [0, 0.05) is 11.3 Å². The minimum Gasteiger partial charge on any atom is -0.453 e. The number of fused-ring (bicyclic) bond motifs is 10. The van der Waals surface area contributed by atoms with E-state index >= 15 is 0 Å². The van der Waals surface area contributed by atoms with Crippen LogP contribution in [0.3, 0.4) is 0 Å². The first kappa shape index (κ1) is 15.3. The molecule has 0 aliphatic carbocycles. The monoisotopic (exact) mass is 372 g/mol. The van der Waals surface area contributed by atoms with Gasteiger partial charge < -0.3 is 14.4 Å². The molecular formula is C25H17BN2O. The Bertz CT molecular complexity index is 1330. The molecule has 7 rings (SSSR count). The zero-order valence-corrected chi connectivity index (χ0v) is 16.0. The van der Waals surface area contributed by atoms with E-state index in [1.807, 2.05) is 0 Å². The molecule has 0 saturated carbocycles. The molecule has 0 amide bonds. The molecule has 0 aromatic heterocycles. The van der Waals surface area contributed by atoms with Crippen LogP contribution < -0.4 is 19.8 Å². The predicted octanol–water partition coefficient (Wildman–Crippen LogP) is 5.77. The number of para-hydroxylation sites is 2. The number of benzene rings is 4. The van der Waals surface area contributed by atoms with Crippen molar-refractivity contribution in [2.24, 2.45) is 0 Å². The van der Waals surface area contributed by atoms with Gasteiger partial charge in [0.2, 0.25) is 0 Å². The van der Waals surface area contributed by atoms with E-state index in [9.17, 15) is 0 Å². The van der Waals surface area contributed by atoms with Crippen molar-refractivity contribution in [2.75, 3.05) is 9.62 Å². The third kappa shape index (κ3) is 1.84. The Morgan fingerprint density at radius 1 is 0.655 bits per heavy atom. The number of aryl methyl sites for hydroxylation is 1. The summed E-state index contributed by atoms with van der Waals surface area (Å²) in [6.07, 6.45) is 0. The summed E-state index contributed by atoms with van der Waals surface area (Å²) in [5, 5.41) is 0. The van der Waals surface area contributed by atoms with Crippen molar-refractivity contribution in [2.45, 2.75) is 6.92 Å². The minimum absolute atomic E-state index is 0.0719. The van der Waals surface area contributed by atoms with Crippen LogP contribution in [0.25, 0.3) is 11.1 Å². The van der Waals surface area contributed by atoms with Crippen molar-refractivity contribution in [3.05, 3.63) is 90.5 Å². The highest BCUT2D eigenvalue weighted by Gasteiger charge is 2.50. The zero-order valence-electron chi connectivity index (χ0n) is 16.0. The van der Waals surface area contributed by atoms with Gasteiger partial charge in [-0.2, -0.15) is 0 Å². The Morgan fingerprint density at radius 3 is 2.38 bits per heavy atom. The van der Waals surface area contributed by atoms with Gasteiger partial charge in [-0.25, -0.2) is 0 Å². The summed E-state index contributed by atoms with van der Waals surface area (Å²) >= 11 is 0. The molecule has 3 aliphatic rings. The minimum atomic E-state index is 0.0719. The van der Waals surface area contributed by atoms with Gasteiger partial charge in [0.25, 0.3) is 0 Å². The van der Waals surface area contributed by atoms with E-state index < -0.39 is 0 Å². The lowest BCUT2D eigenvalue weighted by molar-refractivity contribution is 0.478. The summed E-state index contributed by atoms with van der Waals surface area (Å²) in [5.74, 6) is 1.85. The Morgan fingerprint density at radius 2 is 1.45 bits per heavy atom. The van der Waals surface area contributed by atoms with E-state index in [1.54, 1.807) is 0 Å². The Balaban J connectivity index is 1.59. The fourth-order valence-electron chi connectivity index (χ4n) is 5.09. The molecule has 0 unspecified atom stereocenters. The van der Waals surface area contributed by atoms with Crippen LogP contribution in [0.4, 0.5) is 22.7 Å². The lowest BCUT2D eigenvalue weighted by Crippen LogP contribution is -2.55. The first-order valence-corrected chi connectivity index (χ1v) is 9.99. The smallest absolute Gasteiger partial charge is 0.421 e. The average molecular weight is 372 g/mol. The number of hydrogen-bond donors (Lipinski definition) is 0. The van der Waals surface area contributed by atoms with Crippen LogP contribution in [-0.4, -0.2) is 6.98 Å². The van der Waals surface area contributed by atoms with E-state index in [4.69, 9.17) is 4.74 Å². The van der Waals surface area contributed by atoms with Crippen molar-refractivity contribution in [3.63, 3.8) is 0 Å². The molecule has 3 aliphatic heterocycles. The molecule has 0 bridgehead atoms. The normalized spacial score (nSPS) is 14.4. The molecule has 0 radical (unpaired) electrons. The van der Waals surface area contributed by atoms with Crippen LogP contribution in [-0.2, 0) is 0 Å². The molecule has 29 heavy (non-hydrogen) atoms. The van der Waals surface area contributed by atoms with Crippen molar-refractivity contribution in [3.8, 4) is 22.6 Å². The van der Waals surface area contributed by atoms with E-state index in [0.717, 1.165) is 22.9 Å². The molecule has 4 aromatic carbocycles. The van der Waals surface area contributed by atoms with Crippen molar-refractivity contribution in [1.29, 1.82) is 0 Å². The Hall–Kier alpha value is -3.66. The average Bonchev–Trinajstić information content (AvgIpc) is 3.11. The maximum atomic E-state index is 6.36. The standard InChI is InChI=1S/C25H17BN2O/c1-16-13-14-21-24(15-16)29-23-12-6-11-22-25(23)28(21)26-19-9-4-2-7-17(19)18-8-3-5-10-20(18)27(22)26/h2-15H,1H3. The molecule has 3 heterocycles. The van der Waals surface area contributed by atoms with Crippen molar-refractivity contribution in [1.82, 2.24) is 0 Å². The van der Waals surface area contributed by atoms with Crippen LogP contribution in [0.1, 0.15) is 5.56 Å². The third-order valence-corrected chi connectivity index (χ3v) is 6.25. The number of hydrogen-bond acceptors (Lipinski definition) is 3. The number of rotatable bonds is 0. The molecule has 0 spiro atoms. The van der Waals surface area contributed by atoms with Crippen molar-refractivity contribution < 1.29 is 4.74 Å². The zero-order chi connectivity index (χ0) is 19.1. The van der Waals surface area contributed by atoms with E-state index in [0.29, 0.717) is 0 Å². The SMILES string of the molecule is Cc1ccc2c(c1)Oc1cccc3c1N2B1c2ccccc2-c2ccccc2N13. The predicted molar refractivity (Wildman–Crippen MR) is 119 cm³/mol. The second-order valence-corrected chi connectivity index (χ2v) is 7.92. The van der Waals surface area contributed by atoms with Gasteiger partial charge in [-0.1, -0.05) is 54.6 Å². The molecule has 3 nitrogen and oxygen atoms in total. The van der Waals surface area contributed by atoms with Crippen molar-refractivity contribution >= 4 is 35.2 Å². The first-order chi connectivity index (χ1) is 14.3. The van der Waals surface area contributed by atoms with E-state index in [1.165, 1.54) is 33.5 Å². The number of ether oxygens (including phenoxy) is 1. The summed E-state index contributed by atoms with van der Waals surface area (Å²) in [6.45, 7) is 2.18. The molecule has 0 atom stereocenters. The molecule has 4 aromatic rings. The maximum Gasteiger partial charge on any atom is 0.421 e. The number of anilines is 4. The van der Waals surface area contributed by atoms with E-state index in [2.05, 4.69) is 101 Å². The van der Waals surface area contributed by atoms with Crippen LogP contribution in [0.15, 0.2) is 84.9 Å². The fraction of sp³-hybridized carbons (Fsp3) is 0.0400. The molecule has 0 N–H and O–H groups in total. The van der Waals surface area contributed by atoms with Gasteiger partial charge in [-0.3, -0.25) is 0 Å². The quantitative estimate of drug-likeness (QED) is 0.365. The topological polar surface area (TPSA) is 15.7 Å². The fourth-order valence-corrected chi connectivity index (χ4v) is 5.09. The molecule has 0 fully saturated rings. The molecule has 4 heteroatoms. The first-order valence-electron chi connectivity index (χ1n) is 9.99. The summed E-state index contributed by atoms with van der Waals surface area (Å²) in [5.41, 5.74) is 9.82. The van der Waals surface area contributed by atoms with Gasteiger partial charge >= 0.3 is 6.98 Å². The summed E-state index contributed by atoms with van der Waals surface area (Å²) in [6, 6.07) is 30.4. The van der Waals surface area contributed by atoms with Gasteiger partial charge in [0.05, 0.1) is 17.1 Å². The van der Waals surface area contributed by atoms with Gasteiger partial charge in [-0.05, 0) is 53.8 Å². The highest BCUT2D eigenvalue weighted by Crippen LogP contribution is 2.58. The lowest BCUT2D eigenvalue weighted by atomic mass is 9.59. The maximum absolute atomic E-state index is 6.36. The Kier molecular flexibility index (Phi) is 2.76. The second kappa shape index (κ2) is 5.23. The van der Waals surface area contributed by atoms with Gasteiger partial charge in [0.1, 0.15) is 5.75 Å². The van der Waals surface area contributed by atoms with E-state index in [-0.39, 0.29) is 6.98 Å². The second-order valence-electron chi connectivity index (χ2n) is 7.92. The highest BCUT2D eigenvalue weighted by atomic mass is 16.5. The van der Waals surface area contributed by atoms with Crippen LogP contribution in [0.2, 0.25) is 0 Å². The summed E-state index contributed by atoms with van der Waals surface area (Å²) in [7, 11) is 0. The van der Waals surface area contributed by atoms with Crippen LogP contribution >= 0.6 is 0 Å². The summed E-state index contributed by atoms with van der Waals surface area (Å²) in [4.78, 5) is 4.92. The lowest BCUT2D eigenvalue weighted by Gasteiger charge is -2.37. The van der Waals surface area contributed by atoms with Crippen LogP contribution in [0, 0.1) is 6.92 Å². The Labute approximate surface area is 169 Å². The highest BCUT2D eigenvalue weighted by molar-refractivity contribution is 6.86.